The first-order valence-electron chi connectivity index (χ1n) is 5.80. The van der Waals surface area contributed by atoms with Gasteiger partial charge in [-0.15, -0.1) is 0 Å². The molecule has 2 heterocycles. The van der Waals surface area contributed by atoms with Gasteiger partial charge in [0.1, 0.15) is 5.78 Å². The second-order valence-electron chi connectivity index (χ2n) is 4.89. The predicted molar refractivity (Wildman–Crippen MR) is 62.1 cm³/mol. The highest BCUT2D eigenvalue weighted by Crippen LogP contribution is 2.32. The van der Waals surface area contributed by atoms with Crippen molar-refractivity contribution >= 4 is 5.78 Å². The van der Waals surface area contributed by atoms with Crippen LogP contribution in [0.3, 0.4) is 0 Å². The van der Waals surface area contributed by atoms with E-state index in [9.17, 15) is 4.79 Å². The number of nitrogens with zero attached hydrogens (tertiary/aromatic N) is 1. The van der Waals surface area contributed by atoms with Crippen molar-refractivity contribution in [1.29, 1.82) is 0 Å². The summed E-state index contributed by atoms with van der Waals surface area (Å²) in [7, 11) is 0. The van der Waals surface area contributed by atoms with Gasteiger partial charge in [0.05, 0.1) is 12.1 Å². The average molecular weight is 216 g/mol. The summed E-state index contributed by atoms with van der Waals surface area (Å²) in [6, 6.07) is 10.4. The van der Waals surface area contributed by atoms with Crippen LogP contribution in [0.1, 0.15) is 12.0 Å². The molecule has 1 N–H and O–H groups in total. The molecule has 0 bridgehead atoms. The van der Waals surface area contributed by atoms with Crippen LogP contribution in [-0.2, 0) is 11.3 Å². The normalized spacial score (nSPS) is 23.6. The van der Waals surface area contributed by atoms with Gasteiger partial charge in [-0.25, -0.2) is 0 Å². The third kappa shape index (κ3) is 1.56. The number of rotatable bonds is 2. The van der Waals surface area contributed by atoms with E-state index in [1.54, 1.807) is 0 Å². The Kier molecular flexibility index (Phi) is 2.30. The molecular formula is C13H16N2O. The first kappa shape index (κ1) is 10.00. The van der Waals surface area contributed by atoms with E-state index in [4.69, 9.17) is 0 Å². The van der Waals surface area contributed by atoms with E-state index >= 15 is 0 Å². The van der Waals surface area contributed by atoms with Crippen molar-refractivity contribution in [2.75, 3.05) is 19.6 Å². The van der Waals surface area contributed by atoms with Gasteiger partial charge in [0.25, 0.3) is 0 Å². The van der Waals surface area contributed by atoms with Crippen LogP contribution in [0.15, 0.2) is 30.3 Å². The number of carbonyl (C=O) groups excluding carboxylic acids is 1. The molecule has 3 nitrogen and oxygen atoms in total. The Morgan fingerprint density at radius 1 is 1.25 bits per heavy atom. The quantitative estimate of drug-likeness (QED) is 0.793. The van der Waals surface area contributed by atoms with Gasteiger partial charge in [0.15, 0.2) is 0 Å². The summed E-state index contributed by atoms with van der Waals surface area (Å²) in [6.45, 7) is 3.45. The smallest absolute Gasteiger partial charge is 0.148 e. The molecule has 2 fully saturated rings. The minimum atomic E-state index is 0.132. The Bertz CT molecular complexity index is 398. The number of hydrogen-bond acceptors (Lipinski definition) is 3. The number of nitrogens with one attached hydrogen (secondary N) is 1. The fraction of sp³-hybridized carbons (Fsp3) is 0.462. The van der Waals surface area contributed by atoms with Gasteiger partial charge < -0.3 is 5.32 Å². The summed E-state index contributed by atoms with van der Waals surface area (Å²) in [5.41, 5.74) is 1.43. The highest BCUT2D eigenvalue weighted by Gasteiger charge is 2.48. The standard InChI is InChI=1S/C13H16N2O/c16-12-6-13(9-14-10-13)15(8-12)7-11-4-2-1-3-5-11/h1-5,14H,6-10H2. The summed E-state index contributed by atoms with van der Waals surface area (Å²) in [5.74, 6) is 0.387. The molecule has 2 saturated heterocycles. The van der Waals surface area contributed by atoms with Crippen LogP contribution in [-0.4, -0.2) is 35.9 Å². The van der Waals surface area contributed by atoms with Crippen molar-refractivity contribution in [2.45, 2.75) is 18.5 Å². The summed E-state index contributed by atoms with van der Waals surface area (Å²) in [5, 5.41) is 3.29. The minimum Gasteiger partial charge on any atom is -0.313 e. The molecular weight excluding hydrogens is 200 g/mol. The number of Topliss-reactive ketones (excluding diaryl/α,β-unsaturated/α-hetero) is 1. The molecule has 1 aromatic carbocycles. The molecule has 0 unspecified atom stereocenters. The van der Waals surface area contributed by atoms with Crippen LogP contribution < -0.4 is 5.32 Å². The molecule has 16 heavy (non-hydrogen) atoms. The average Bonchev–Trinajstić information content (AvgIpc) is 2.56. The second kappa shape index (κ2) is 3.68. The lowest BCUT2D eigenvalue weighted by molar-refractivity contribution is -0.117. The third-order valence-corrected chi connectivity index (χ3v) is 3.69. The fourth-order valence-corrected chi connectivity index (χ4v) is 2.70. The maximum atomic E-state index is 11.6. The highest BCUT2D eigenvalue weighted by molar-refractivity contribution is 5.84. The zero-order chi connectivity index (χ0) is 11.0. The Labute approximate surface area is 95.4 Å². The molecule has 2 aliphatic rings. The molecule has 0 amide bonds. The molecule has 0 saturated carbocycles. The van der Waals surface area contributed by atoms with E-state index in [1.807, 2.05) is 6.07 Å². The zero-order valence-corrected chi connectivity index (χ0v) is 9.28. The van der Waals surface area contributed by atoms with E-state index in [0.29, 0.717) is 12.3 Å². The zero-order valence-electron chi connectivity index (χ0n) is 9.28. The molecule has 0 radical (unpaired) electrons. The van der Waals surface area contributed by atoms with Crippen LogP contribution >= 0.6 is 0 Å². The second-order valence-corrected chi connectivity index (χ2v) is 4.89. The van der Waals surface area contributed by atoms with Crippen LogP contribution in [0.4, 0.5) is 0 Å². The number of hydrogen-bond donors (Lipinski definition) is 1. The molecule has 2 aliphatic heterocycles. The first-order valence-corrected chi connectivity index (χ1v) is 5.80. The lowest BCUT2D eigenvalue weighted by Gasteiger charge is -2.45. The summed E-state index contributed by atoms with van der Waals surface area (Å²) < 4.78 is 0. The Morgan fingerprint density at radius 3 is 2.62 bits per heavy atom. The van der Waals surface area contributed by atoms with Gasteiger partial charge >= 0.3 is 0 Å². The Balaban J connectivity index is 1.77. The first-order chi connectivity index (χ1) is 7.78. The van der Waals surface area contributed by atoms with E-state index < -0.39 is 0 Å². The molecule has 84 valence electrons. The summed E-state index contributed by atoms with van der Waals surface area (Å²) in [6.07, 6.45) is 0.729. The monoisotopic (exact) mass is 216 g/mol. The third-order valence-electron chi connectivity index (χ3n) is 3.69. The molecule has 1 spiro atoms. The van der Waals surface area contributed by atoms with Gasteiger partial charge in [-0.2, -0.15) is 0 Å². The van der Waals surface area contributed by atoms with E-state index in [-0.39, 0.29) is 5.54 Å². The summed E-state index contributed by atoms with van der Waals surface area (Å²) in [4.78, 5) is 13.9. The molecule has 0 aromatic heterocycles. The van der Waals surface area contributed by atoms with Crippen molar-refractivity contribution in [2.24, 2.45) is 0 Å². The largest absolute Gasteiger partial charge is 0.313 e. The maximum absolute atomic E-state index is 11.6. The topological polar surface area (TPSA) is 32.3 Å². The van der Waals surface area contributed by atoms with Gasteiger partial charge in [-0.1, -0.05) is 30.3 Å². The molecule has 3 heteroatoms. The lowest BCUT2D eigenvalue weighted by atomic mass is 9.89. The van der Waals surface area contributed by atoms with Crippen LogP contribution in [0.25, 0.3) is 0 Å². The molecule has 0 aliphatic carbocycles. The summed E-state index contributed by atoms with van der Waals surface area (Å²) >= 11 is 0. The van der Waals surface area contributed by atoms with Gasteiger partial charge in [0, 0.05) is 26.1 Å². The maximum Gasteiger partial charge on any atom is 0.148 e. The number of ketones is 1. The minimum absolute atomic E-state index is 0.132. The molecule has 0 atom stereocenters. The van der Waals surface area contributed by atoms with Crippen LogP contribution in [0.2, 0.25) is 0 Å². The lowest BCUT2D eigenvalue weighted by Crippen LogP contribution is -2.65. The SMILES string of the molecule is O=C1CN(Cc2ccccc2)C2(CNC2)C1. The van der Waals surface area contributed by atoms with Gasteiger partial charge in [-0.05, 0) is 5.56 Å². The van der Waals surface area contributed by atoms with Crippen molar-refractivity contribution in [3.05, 3.63) is 35.9 Å². The van der Waals surface area contributed by atoms with E-state index in [2.05, 4.69) is 34.5 Å². The van der Waals surface area contributed by atoms with Crippen molar-refractivity contribution in [3.63, 3.8) is 0 Å². The fourth-order valence-electron chi connectivity index (χ4n) is 2.70. The Hall–Kier alpha value is -1.19. The van der Waals surface area contributed by atoms with E-state index in [0.717, 1.165) is 26.1 Å². The molecule has 3 rings (SSSR count). The Morgan fingerprint density at radius 2 is 2.00 bits per heavy atom. The van der Waals surface area contributed by atoms with Crippen molar-refractivity contribution in [3.8, 4) is 0 Å². The predicted octanol–water partition coefficient (Wildman–Crippen LogP) is 0.803. The number of likely N-dealkylation sites (tertiary alicyclic amines) is 1. The van der Waals surface area contributed by atoms with E-state index in [1.165, 1.54) is 5.56 Å². The van der Waals surface area contributed by atoms with Crippen molar-refractivity contribution in [1.82, 2.24) is 10.2 Å². The van der Waals surface area contributed by atoms with Crippen molar-refractivity contribution < 1.29 is 4.79 Å². The molecule has 1 aromatic rings. The number of benzene rings is 1. The highest BCUT2D eigenvalue weighted by atomic mass is 16.1. The number of carbonyl (C=O) groups is 1. The van der Waals surface area contributed by atoms with Gasteiger partial charge in [0.2, 0.25) is 0 Å². The van der Waals surface area contributed by atoms with Crippen LogP contribution in [0, 0.1) is 0 Å². The van der Waals surface area contributed by atoms with Gasteiger partial charge in [-0.3, -0.25) is 9.69 Å². The van der Waals surface area contributed by atoms with Crippen LogP contribution in [0.5, 0.6) is 0 Å².